The van der Waals surface area contributed by atoms with Gasteiger partial charge in [0.15, 0.2) is 11.5 Å². The number of fused-ring (bicyclic) bond motifs is 2. The Kier molecular flexibility index (Phi) is 6.22. The summed E-state index contributed by atoms with van der Waals surface area (Å²) in [5.41, 5.74) is 3.48. The number of piperidine rings is 1. The van der Waals surface area contributed by atoms with Gasteiger partial charge in [0.05, 0.1) is 6.61 Å². The molecule has 1 aromatic heterocycles. The molecule has 8 heteroatoms. The number of hydrogen-bond donors (Lipinski definition) is 1. The molecule has 172 valence electrons. The minimum absolute atomic E-state index is 0.0532. The fraction of sp³-hybridized carbons (Fsp3) is 0.400. The van der Waals surface area contributed by atoms with Gasteiger partial charge in [0, 0.05) is 42.6 Å². The molecule has 0 unspecified atom stereocenters. The number of carbonyl (C=O) groups excluding carboxylic acids is 2. The lowest BCUT2D eigenvalue weighted by molar-refractivity contribution is -0.132. The highest BCUT2D eigenvalue weighted by molar-refractivity contribution is 6.31. The maximum absolute atomic E-state index is 12.6. The maximum Gasteiger partial charge on any atom is 0.224 e. The van der Waals surface area contributed by atoms with Crippen LogP contribution in [0.4, 0.5) is 5.69 Å². The van der Waals surface area contributed by atoms with E-state index in [-0.39, 0.29) is 17.7 Å². The van der Waals surface area contributed by atoms with Crippen molar-refractivity contribution in [1.29, 1.82) is 0 Å². The fourth-order valence-corrected chi connectivity index (χ4v) is 4.66. The van der Waals surface area contributed by atoms with Crippen LogP contribution in [0.1, 0.15) is 49.5 Å². The largest absolute Gasteiger partial charge is 0.494 e. The van der Waals surface area contributed by atoms with Crippen molar-refractivity contribution in [1.82, 2.24) is 9.88 Å². The summed E-state index contributed by atoms with van der Waals surface area (Å²) in [6.45, 7) is 1.90. The van der Waals surface area contributed by atoms with Gasteiger partial charge in [0.1, 0.15) is 11.3 Å². The van der Waals surface area contributed by atoms with Gasteiger partial charge in [-0.25, -0.2) is 4.98 Å². The van der Waals surface area contributed by atoms with E-state index in [1.54, 1.807) is 6.07 Å². The average Bonchev–Trinajstić information content (AvgIpc) is 3.25. The van der Waals surface area contributed by atoms with Crippen LogP contribution in [0.5, 0.6) is 5.75 Å². The highest BCUT2D eigenvalue weighted by atomic mass is 35.5. The summed E-state index contributed by atoms with van der Waals surface area (Å²) < 4.78 is 11.7. The second kappa shape index (κ2) is 9.43. The molecule has 0 radical (unpaired) electrons. The van der Waals surface area contributed by atoms with Crippen LogP contribution < -0.4 is 10.1 Å². The Labute approximate surface area is 197 Å². The molecular formula is C25H26ClN3O4. The lowest BCUT2D eigenvalue weighted by Gasteiger charge is -2.30. The Morgan fingerprint density at radius 3 is 2.88 bits per heavy atom. The monoisotopic (exact) mass is 467 g/mol. The summed E-state index contributed by atoms with van der Waals surface area (Å²) in [6.07, 6.45) is 4.04. The van der Waals surface area contributed by atoms with E-state index in [4.69, 9.17) is 20.8 Å². The minimum Gasteiger partial charge on any atom is -0.494 e. The van der Waals surface area contributed by atoms with Crippen LogP contribution in [0.15, 0.2) is 40.8 Å². The molecule has 1 N–H and O–H groups in total. The van der Waals surface area contributed by atoms with Crippen LogP contribution in [-0.4, -0.2) is 41.4 Å². The van der Waals surface area contributed by atoms with Crippen LogP contribution in [0.2, 0.25) is 5.02 Å². The molecule has 1 fully saturated rings. The van der Waals surface area contributed by atoms with Crippen LogP contribution in [-0.2, 0) is 16.0 Å². The number of aryl methyl sites for hydroxylation is 1. The molecule has 7 nitrogen and oxygen atoms in total. The average molecular weight is 468 g/mol. The first-order chi connectivity index (χ1) is 16.0. The fourth-order valence-electron chi connectivity index (χ4n) is 4.49. The molecule has 5 rings (SSSR count). The second-order valence-electron chi connectivity index (χ2n) is 8.64. The molecule has 3 aromatic rings. The number of amides is 2. The SMILES string of the molecule is O=C1CCc2cc(OCCCC(=O)N3CCC(c4nc5cc(Cl)ccc5o4)CC3)ccc2N1. The van der Waals surface area contributed by atoms with E-state index in [9.17, 15) is 9.59 Å². The zero-order valence-corrected chi connectivity index (χ0v) is 19.1. The highest BCUT2D eigenvalue weighted by Crippen LogP contribution is 2.31. The molecule has 0 atom stereocenters. The highest BCUT2D eigenvalue weighted by Gasteiger charge is 2.27. The van der Waals surface area contributed by atoms with Crippen molar-refractivity contribution < 1.29 is 18.7 Å². The quantitative estimate of drug-likeness (QED) is 0.519. The molecule has 0 spiro atoms. The summed E-state index contributed by atoms with van der Waals surface area (Å²) >= 11 is 6.04. The zero-order chi connectivity index (χ0) is 22.8. The van der Waals surface area contributed by atoms with Crippen LogP contribution in [0, 0.1) is 0 Å². The number of benzene rings is 2. The van der Waals surface area contributed by atoms with Crippen molar-refractivity contribution in [2.75, 3.05) is 25.0 Å². The molecule has 2 aromatic carbocycles. The Morgan fingerprint density at radius 1 is 1.18 bits per heavy atom. The third-order valence-corrected chi connectivity index (χ3v) is 6.57. The number of ether oxygens (including phenoxy) is 1. The van der Waals surface area contributed by atoms with Gasteiger partial charge in [0.25, 0.3) is 0 Å². The number of halogens is 1. The van der Waals surface area contributed by atoms with Gasteiger partial charge in [-0.15, -0.1) is 0 Å². The summed E-state index contributed by atoms with van der Waals surface area (Å²) in [7, 11) is 0. The minimum atomic E-state index is 0.0532. The Bertz CT molecular complexity index is 1180. The summed E-state index contributed by atoms with van der Waals surface area (Å²) in [4.78, 5) is 30.6. The first-order valence-corrected chi connectivity index (χ1v) is 11.8. The molecule has 1 saturated heterocycles. The lowest BCUT2D eigenvalue weighted by atomic mass is 9.96. The van der Waals surface area contributed by atoms with E-state index in [0.717, 1.165) is 53.3 Å². The number of rotatable bonds is 6. The first kappa shape index (κ1) is 21.8. The van der Waals surface area contributed by atoms with Crippen molar-refractivity contribution in [2.24, 2.45) is 0 Å². The van der Waals surface area contributed by atoms with Crippen molar-refractivity contribution in [3.05, 3.63) is 52.9 Å². The summed E-state index contributed by atoms with van der Waals surface area (Å²) in [5.74, 6) is 1.94. The summed E-state index contributed by atoms with van der Waals surface area (Å²) in [6, 6.07) is 11.2. The van der Waals surface area contributed by atoms with E-state index in [1.807, 2.05) is 35.2 Å². The van der Waals surface area contributed by atoms with Gasteiger partial charge in [-0.3, -0.25) is 9.59 Å². The second-order valence-corrected chi connectivity index (χ2v) is 9.07. The van der Waals surface area contributed by atoms with E-state index in [1.165, 1.54) is 0 Å². The molecule has 0 saturated carbocycles. The number of carbonyl (C=O) groups is 2. The predicted molar refractivity (Wildman–Crippen MR) is 126 cm³/mol. The zero-order valence-electron chi connectivity index (χ0n) is 18.3. The number of aromatic nitrogens is 1. The van der Waals surface area contributed by atoms with Gasteiger partial charge in [-0.1, -0.05) is 11.6 Å². The van der Waals surface area contributed by atoms with Gasteiger partial charge in [0.2, 0.25) is 11.8 Å². The van der Waals surface area contributed by atoms with Gasteiger partial charge < -0.3 is 19.4 Å². The Hall–Kier alpha value is -3.06. The normalized spacial score (nSPS) is 16.5. The van der Waals surface area contributed by atoms with E-state index >= 15 is 0 Å². The molecular weight excluding hydrogens is 442 g/mol. The summed E-state index contributed by atoms with van der Waals surface area (Å²) in [5, 5.41) is 3.51. The van der Waals surface area contributed by atoms with Crippen LogP contribution in [0.3, 0.4) is 0 Å². The molecule has 0 bridgehead atoms. The Balaban J connectivity index is 1.06. The van der Waals surface area contributed by atoms with Crippen LogP contribution in [0.25, 0.3) is 11.1 Å². The molecule has 2 aliphatic heterocycles. The molecule has 3 heterocycles. The van der Waals surface area contributed by atoms with E-state index in [2.05, 4.69) is 10.3 Å². The third kappa shape index (κ3) is 4.98. The molecule has 2 aliphatic rings. The van der Waals surface area contributed by atoms with Crippen molar-refractivity contribution in [3.63, 3.8) is 0 Å². The number of anilines is 1. The van der Waals surface area contributed by atoms with Crippen molar-refractivity contribution in [3.8, 4) is 5.75 Å². The van der Waals surface area contributed by atoms with Gasteiger partial charge in [-0.2, -0.15) is 0 Å². The van der Waals surface area contributed by atoms with E-state index in [0.29, 0.717) is 44.0 Å². The number of likely N-dealkylation sites (tertiary alicyclic amines) is 1. The standard InChI is InChI=1S/C25H26ClN3O4/c26-18-4-7-22-21(15-18)28-25(33-22)16-9-11-29(12-10-16)24(31)2-1-13-32-19-5-6-20-17(14-19)3-8-23(30)27-20/h4-7,14-16H,1-3,8-13H2,(H,27,30). The number of hydrogen-bond acceptors (Lipinski definition) is 5. The first-order valence-electron chi connectivity index (χ1n) is 11.4. The Morgan fingerprint density at radius 2 is 2.03 bits per heavy atom. The number of nitrogens with zero attached hydrogens (tertiary/aromatic N) is 2. The van der Waals surface area contributed by atoms with Gasteiger partial charge >= 0.3 is 0 Å². The topological polar surface area (TPSA) is 84.7 Å². The van der Waals surface area contributed by atoms with Crippen molar-refractivity contribution >= 4 is 40.2 Å². The number of nitrogens with one attached hydrogen (secondary N) is 1. The maximum atomic E-state index is 12.6. The predicted octanol–water partition coefficient (Wildman–Crippen LogP) is 4.93. The smallest absolute Gasteiger partial charge is 0.224 e. The number of oxazole rings is 1. The van der Waals surface area contributed by atoms with Crippen LogP contribution >= 0.6 is 11.6 Å². The third-order valence-electron chi connectivity index (χ3n) is 6.34. The van der Waals surface area contributed by atoms with Crippen molar-refractivity contribution in [2.45, 2.75) is 44.4 Å². The molecule has 33 heavy (non-hydrogen) atoms. The van der Waals surface area contributed by atoms with Gasteiger partial charge in [-0.05, 0) is 67.6 Å². The molecule has 2 amide bonds. The van der Waals surface area contributed by atoms with E-state index < -0.39 is 0 Å². The lowest BCUT2D eigenvalue weighted by Crippen LogP contribution is -2.38. The molecule has 0 aliphatic carbocycles.